The molecule has 0 saturated carbocycles. The van der Waals surface area contributed by atoms with Gasteiger partial charge in [-0.2, -0.15) is 0 Å². The number of esters is 1. The van der Waals surface area contributed by atoms with Crippen LogP contribution in [0.5, 0.6) is 0 Å². The number of thioether (sulfide) groups is 1. The largest absolute Gasteiger partial charge is 0.462 e. The molecule has 0 radical (unpaired) electrons. The van der Waals surface area contributed by atoms with Crippen molar-refractivity contribution < 1.29 is 9.53 Å². The van der Waals surface area contributed by atoms with Crippen LogP contribution in [0.1, 0.15) is 0 Å². The zero-order valence-corrected chi connectivity index (χ0v) is 8.63. The van der Waals surface area contributed by atoms with E-state index in [0.717, 1.165) is 5.75 Å². The van der Waals surface area contributed by atoms with Crippen LogP contribution in [0.15, 0.2) is 47.9 Å². The van der Waals surface area contributed by atoms with Crippen molar-refractivity contribution in [2.75, 3.05) is 12.4 Å². The molecule has 0 unspecified atom stereocenters. The van der Waals surface area contributed by atoms with Gasteiger partial charge in [-0.1, -0.05) is 24.8 Å². The molecule has 2 nitrogen and oxygen atoms in total. The zero-order valence-electron chi connectivity index (χ0n) is 7.81. The Balaban J connectivity index is 2.16. The SMILES string of the molecule is C=CC(=O)OCCSc1ccccc1. The van der Waals surface area contributed by atoms with Crippen LogP contribution in [-0.4, -0.2) is 18.3 Å². The molecule has 0 aliphatic rings. The number of carbonyl (C=O) groups excluding carboxylic acids is 1. The summed E-state index contributed by atoms with van der Waals surface area (Å²) in [6.07, 6.45) is 1.17. The lowest BCUT2D eigenvalue weighted by atomic mass is 10.4. The molecule has 0 fully saturated rings. The summed E-state index contributed by atoms with van der Waals surface area (Å²) in [5.41, 5.74) is 0. The topological polar surface area (TPSA) is 26.3 Å². The predicted octanol–water partition coefficient (Wildman–Crippen LogP) is 2.51. The quantitative estimate of drug-likeness (QED) is 0.322. The molecule has 0 aromatic heterocycles. The van der Waals surface area contributed by atoms with Crippen LogP contribution in [0.25, 0.3) is 0 Å². The van der Waals surface area contributed by atoms with Crippen LogP contribution in [0, 0.1) is 0 Å². The third-order valence-corrected chi connectivity index (χ3v) is 2.48. The van der Waals surface area contributed by atoms with Crippen LogP contribution in [0.2, 0.25) is 0 Å². The van der Waals surface area contributed by atoms with E-state index in [4.69, 9.17) is 4.74 Å². The Hall–Kier alpha value is -1.22. The molecular formula is C11H12O2S. The summed E-state index contributed by atoms with van der Waals surface area (Å²) in [4.78, 5) is 11.9. The van der Waals surface area contributed by atoms with Gasteiger partial charge in [0.25, 0.3) is 0 Å². The highest BCUT2D eigenvalue weighted by molar-refractivity contribution is 7.99. The Morgan fingerprint density at radius 3 is 2.79 bits per heavy atom. The standard InChI is InChI=1S/C11H12O2S/c1-2-11(12)13-8-9-14-10-6-4-3-5-7-10/h2-7H,1,8-9H2. The van der Waals surface area contributed by atoms with Crippen molar-refractivity contribution in [3.63, 3.8) is 0 Å². The molecule has 3 heteroatoms. The molecule has 74 valence electrons. The molecule has 14 heavy (non-hydrogen) atoms. The van der Waals surface area contributed by atoms with Gasteiger partial charge in [0.1, 0.15) is 6.61 Å². The Bertz CT molecular complexity index is 295. The average molecular weight is 208 g/mol. The lowest BCUT2D eigenvalue weighted by Crippen LogP contribution is -2.03. The first-order valence-electron chi connectivity index (χ1n) is 4.30. The molecule has 0 N–H and O–H groups in total. The molecule has 0 bridgehead atoms. The van der Waals surface area contributed by atoms with Gasteiger partial charge in [-0.15, -0.1) is 11.8 Å². The van der Waals surface area contributed by atoms with Gasteiger partial charge in [0.05, 0.1) is 0 Å². The van der Waals surface area contributed by atoms with E-state index in [-0.39, 0.29) is 5.97 Å². The van der Waals surface area contributed by atoms with Crippen molar-refractivity contribution in [3.05, 3.63) is 43.0 Å². The van der Waals surface area contributed by atoms with E-state index in [9.17, 15) is 4.79 Å². The monoisotopic (exact) mass is 208 g/mol. The van der Waals surface area contributed by atoms with Crippen molar-refractivity contribution in [3.8, 4) is 0 Å². The molecule has 0 amide bonds. The second-order valence-corrected chi connectivity index (χ2v) is 3.70. The van der Waals surface area contributed by atoms with Gasteiger partial charge in [0.15, 0.2) is 0 Å². The Morgan fingerprint density at radius 1 is 1.43 bits per heavy atom. The van der Waals surface area contributed by atoms with E-state index < -0.39 is 0 Å². The summed E-state index contributed by atoms with van der Waals surface area (Å²) in [5, 5.41) is 0. The molecule has 0 aliphatic carbocycles. The molecule has 0 atom stereocenters. The summed E-state index contributed by atoms with van der Waals surface area (Å²) >= 11 is 1.66. The van der Waals surface area contributed by atoms with Crippen LogP contribution in [0.4, 0.5) is 0 Å². The van der Waals surface area contributed by atoms with E-state index in [2.05, 4.69) is 6.58 Å². The van der Waals surface area contributed by atoms with Crippen LogP contribution >= 0.6 is 11.8 Å². The van der Waals surface area contributed by atoms with E-state index in [1.165, 1.54) is 11.0 Å². The first-order chi connectivity index (χ1) is 6.83. The maximum absolute atomic E-state index is 10.7. The number of carbonyl (C=O) groups is 1. The second-order valence-electron chi connectivity index (χ2n) is 2.53. The Morgan fingerprint density at radius 2 is 2.14 bits per heavy atom. The highest BCUT2D eigenvalue weighted by Gasteiger charge is 1.96. The molecule has 1 aromatic rings. The number of hydrogen-bond acceptors (Lipinski definition) is 3. The first-order valence-corrected chi connectivity index (χ1v) is 5.28. The van der Waals surface area contributed by atoms with Gasteiger partial charge in [-0.3, -0.25) is 0 Å². The minimum absolute atomic E-state index is 0.362. The highest BCUT2D eigenvalue weighted by atomic mass is 32.2. The minimum atomic E-state index is -0.362. The fraction of sp³-hybridized carbons (Fsp3) is 0.182. The minimum Gasteiger partial charge on any atom is -0.462 e. The van der Waals surface area contributed by atoms with Crippen LogP contribution in [-0.2, 0) is 9.53 Å². The van der Waals surface area contributed by atoms with Gasteiger partial charge in [0.2, 0.25) is 0 Å². The Kier molecular flexibility index (Phi) is 4.86. The van der Waals surface area contributed by atoms with E-state index in [1.807, 2.05) is 30.3 Å². The summed E-state index contributed by atoms with van der Waals surface area (Å²) in [6.45, 7) is 3.74. The fourth-order valence-electron chi connectivity index (χ4n) is 0.877. The van der Waals surface area contributed by atoms with Crippen LogP contribution < -0.4 is 0 Å². The van der Waals surface area contributed by atoms with E-state index >= 15 is 0 Å². The Labute approximate surface area is 88.0 Å². The average Bonchev–Trinajstić information content (AvgIpc) is 2.25. The number of ether oxygens (including phenoxy) is 1. The molecule has 0 spiro atoms. The van der Waals surface area contributed by atoms with E-state index in [1.54, 1.807) is 11.8 Å². The second kappa shape index (κ2) is 6.27. The van der Waals surface area contributed by atoms with Crippen molar-refractivity contribution in [1.29, 1.82) is 0 Å². The van der Waals surface area contributed by atoms with Crippen molar-refractivity contribution in [2.24, 2.45) is 0 Å². The highest BCUT2D eigenvalue weighted by Crippen LogP contribution is 2.16. The van der Waals surface area contributed by atoms with E-state index in [0.29, 0.717) is 6.61 Å². The third-order valence-electron chi connectivity index (χ3n) is 1.51. The predicted molar refractivity (Wildman–Crippen MR) is 58.3 cm³/mol. The lowest BCUT2D eigenvalue weighted by molar-refractivity contribution is -0.137. The van der Waals surface area contributed by atoms with Crippen molar-refractivity contribution >= 4 is 17.7 Å². The van der Waals surface area contributed by atoms with Crippen molar-refractivity contribution in [2.45, 2.75) is 4.90 Å². The van der Waals surface area contributed by atoms with Gasteiger partial charge >= 0.3 is 5.97 Å². The number of hydrogen-bond donors (Lipinski definition) is 0. The van der Waals surface area contributed by atoms with Crippen LogP contribution in [0.3, 0.4) is 0 Å². The smallest absolute Gasteiger partial charge is 0.330 e. The maximum atomic E-state index is 10.7. The molecular weight excluding hydrogens is 196 g/mol. The molecule has 0 aliphatic heterocycles. The zero-order chi connectivity index (χ0) is 10.2. The van der Waals surface area contributed by atoms with Gasteiger partial charge < -0.3 is 4.74 Å². The normalized spacial score (nSPS) is 9.43. The number of benzene rings is 1. The summed E-state index contributed by atoms with van der Waals surface area (Å²) < 4.78 is 4.84. The molecule has 1 rings (SSSR count). The van der Waals surface area contributed by atoms with Gasteiger partial charge in [-0.05, 0) is 12.1 Å². The van der Waals surface area contributed by atoms with Crippen molar-refractivity contribution in [1.82, 2.24) is 0 Å². The summed E-state index contributed by atoms with van der Waals surface area (Å²) in [7, 11) is 0. The van der Waals surface area contributed by atoms with Gasteiger partial charge in [0, 0.05) is 16.7 Å². The van der Waals surface area contributed by atoms with Gasteiger partial charge in [-0.25, -0.2) is 4.79 Å². The molecule has 0 heterocycles. The maximum Gasteiger partial charge on any atom is 0.330 e. The molecule has 0 saturated heterocycles. The first kappa shape index (κ1) is 10.9. The third kappa shape index (κ3) is 4.14. The number of rotatable bonds is 5. The molecule has 1 aromatic carbocycles. The summed E-state index contributed by atoms with van der Waals surface area (Å²) in [6, 6.07) is 10.00. The lowest BCUT2D eigenvalue weighted by Gasteiger charge is -2.01. The fourth-order valence-corrected chi connectivity index (χ4v) is 1.63. The summed E-state index contributed by atoms with van der Waals surface area (Å²) in [5.74, 6) is 0.405.